The summed E-state index contributed by atoms with van der Waals surface area (Å²) in [5.74, 6) is -1.61. The highest BCUT2D eigenvalue weighted by Crippen LogP contribution is 2.15. The molecule has 0 unspecified atom stereocenters. The van der Waals surface area contributed by atoms with Gasteiger partial charge in [-0.3, -0.25) is 4.79 Å². The molecule has 1 amide bonds. The number of halogens is 1. The van der Waals surface area contributed by atoms with E-state index in [1.807, 2.05) is 0 Å². The Hall–Kier alpha value is -2.89. The van der Waals surface area contributed by atoms with E-state index in [0.29, 0.717) is 11.3 Å². The number of carboxylic acids is 1. The maximum atomic E-state index is 12.8. The maximum absolute atomic E-state index is 12.8. The van der Waals surface area contributed by atoms with Crippen molar-refractivity contribution >= 4 is 17.6 Å². The van der Waals surface area contributed by atoms with Crippen molar-refractivity contribution in [3.05, 3.63) is 59.9 Å². The van der Waals surface area contributed by atoms with Gasteiger partial charge in [-0.05, 0) is 42.5 Å². The Morgan fingerprint density at radius 1 is 1.14 bits per heavy atom. The van der Waals surface area contributed by atoms with Gasteiger partial charge in [0, 0.05) is 11.3 Å². The number of ether oxygens (including phenoxy) is 1. The molecule has 0 radical (unpaired) electrons. The van der Waals surface area contributed by atoms with Crippen molar-refractivity contribution in [3.63, 3.8) is 0 Å². The van der Waals surface area contributed by atoms with E-state index in [1.54, 1.807) is 18.2 Å². The highest BCUT2D eigenvalue weighted by molar-refractivity contribution is 6.04. The van der Waals surface area contributed by atoms with Crippen LogP contribution in [-0.4, -0.2) is 23.6 Å². The summed E-state index contributed by atoms with van der Waals surface area (Å²) in [7, 11) is 0. The van der Waals surface area contributed by atoms with E-state index in [-0.39, 0.29) is 5.75 Å². The van der Waals surface area contributed by atoms with E-state index < -0.39 is 24.3 Å². The molecular weight excluding hydrogens is 277 g/mol. The van der Waals surface area contributed by atoms with Crippen LogP contribution in [-0.2, 0) is 4.79 Å². The van der Waals surface area contributed by atoms with Gasteiger partial charge in [0.1, 0.15) is 11.6 Å². The van der Waals surface area contributed by atoms with Crippen molar-refractivity contribution in [3.8, 4) is 5.75 Å². The molecule has 0 aliphatic heterocycles. The molecule has 2 aromatic rings. The van der Waals surface area contributed by atoms with Crippen molar-refractivity contribution in [2.24, 2.45) is 0 Å². The minimum Gasteiger partial charge on any atom is -0.482 e. The first-order valence-electron chi connectivity index (χ1n) is 6.06. The zero-order valence-corrected chi connectivity index (χ0v) is 10.9. The van der Waals surface area contributed by atoms with Crippen molar-refractivity contribution < 1.29 is 23.8 Å². The second kappa shape index (κ2) is 6.51. The number of benzene rings is 2. The van der Waals surface area contributed by atoms with E-state index >= 15 is 0 Å². The molecule has 0 spiro atoms. The first kappa shape index (κ1) is 14.5. The molecule has 0 aliphatic carbocycles. The molecule has 0 saturated heterocycles. The minimum absolute atomic E-state index is 0.282. The standard InChI is InChI=1S/C15H12FNO4/c16-11-4-6-12(7-5-11)17-15(20)10-2-1-3-13(8-10)21-9-14(18)19/h1-8H,9H2,(H,17,20)(H,18,19). The number of hydrogen-bond acceptors (Lipinski definition) is 3. The van der Waals surface area contributed by atoms with Crippen LogP contribution in [0.25, 0.3) is 0 Å². The Morgan fingerprint density at radius 3 is 2.52 bits per heavy atom. The SMILES string of the molecule is O=C(O)COc1cccc(C(=O)Nc2ccc(F)cc2)c1. The van der Waals surface area contributed by atoms with E-state index in [1.165, 1.54) is 30.3 Å². The molecule has 21 heavy (non-hydrogen) atoms. The smallest absolute Gasteiger partial charge is 0.341 e. The van der Waals surface area contributed by atoms with Crippen LogP contribution in [0.5, 0.6) is 5.75 Å². The topological polar surface area (TPSA) is 75.6 Å². The Bertz CT molecular complexity index is 655. The van der Waals surface area contributed by atoms with Gasteiger partial charge in [0.15, 0.2) is 6.61 Å². The number of carbonyl (C=O) groups excluding carboxylic acids is 1. The highest BCUT2D eigenvalue weighted by atomic mass is 19.1. The van der Waals surface area contributed by atoms with Crippen molar-refractivity contribution in [2.45, 2.75) is 0 Å². The molecule has 0 atom stereocenters. The van der Waals surface area contributed by atoms with Gasteiger partial charge in [-0.15, -0.1) is 0 Å². The number of rotatable bonds is 5. The predicted octanol–water partition coefficient (Wildman–Crippen LogP) is 2.54. The summed E-state index contributed by atoms with van der Waals surface area (Å²) < 4.78 is 17.8. The van der Waals surface area contributed by atoms with Crippen LogP contribution in [0.1, 0.15) is 10.4 Å². The number of hydrogen-bond donors (Lipinski definition) is 2. The summed E-state index contributed by atoms with van der Waals surface area (Å²) in [6.07, 6.45) is 0. The van der Waals surface area contributed by atoms with Crippen molar-refractivity contribution in [1.29, 1.82) is 0 Å². The molecule has 5 nitrogen and oxygen atoms in total. The number of carbonyl (C=O) groups is 2. The summed E-state index contributed by atoms with van der Waals surface area (Å²) in [6, 6.07) is 11.5. The van der Waals surface area contributed by atoms with Crippen LogP contribution in [0.3, 0.4) is 0 Å². The van der Waals surface area contributed by atoms with Gasteiger partial charge in [-0.1, -0.05) is 6.07 Å². The van der Waals surface area contributed by atoms with Gasteiger partial charge in [-0.2, -0.15) is 0 Å². The summed E-state index contributed by atoms with van der Waals surface area (Å²) in [5, 5.41) is 11.1. The summed E-state index contributed by atoms with van der Waals surface area (Å²) in [6.45, 7) is -0.483. The lowest BCUT2D eigenvalue weighted by molar-refractivity contribution is -0.139. The lowest BCUT2D eigenvalue weighted by atomic mass is 10.2. The molecule has 2 N–H and O–H groups in total. The average Bonchev–Trinajstić information content (AvgIpc) is 2.48. The summed E-state index contributed by atoms with van der Waals surface area (Å²) in [5.41, 5.74) is 0.764. The molecule has 0 bridgehead atoms. The van der Waals surface area contributed by atoms with Crippen LogP contribution in [0, 0.1) is 5.82 Å². The minimum atomic E-state index is -1.10. The molecule has 108 valence electrons. The zero-order chi connectivity index (χ0) is 15.2. The first-order chi connectivity index (χ1) is 10.0. The number of anilines is 1. The molecule has 6 heteroatoms. The Labute approximate surface area is 120 Å². The van der Waals surface area contributed by atoms with Crippen LogP contribution in [0.2, 0.25) is 0 Å². The lowest BCUT2D eigenvalue weighted by Gasteiger charge is -2.07. The molecule has 0 aliphatic rings. The number of aliphatic carboxylic acids is 1. The fourth-order valence-electron chi connectivity index (χ4n) is 1.61. The Kier molecular flexibility index (Phi) is 4.50. The number of amides is 1. The van der Waals surface area contributed by atoms with Crippen LogP contribution < -0.4 is 10.1 Å². The zero-order valence-electron chi connectivity index (χ0n) is 10.9. The Morgan fingerprint density at radius 2 is 1.86 bits per heavy atom. The van der Waals surface area contributed by atoms with Gasteiger partial charge in [0.05, 0.1) is 0 Å². The molecular formula is C15H12FNO4. The second-order valence-corrected chi connectivity index (χ2v) is 4.17. The quantitative estimate of drug-likeness (QED) is 0.887. The third-order valence-electron chi connectivity index (χ3n) is 2.56. The molecule has 2 aromatic carbocycles. The third-order valence-corrected chi connectivity index (χ3v) is 2.56. The van der Waals surface area contributed by atoms with Crippen molar-refractivity contribution in [2.75, 3.05) is 11.9 Å². The molecule has 0 heterocycles. The van der Waals surface area contributed by atoms with Crippen LogP contribution in [0.15, 0.2) is 48.5 Å². The summed E-state index contributed by atoms with van der Waals surface area (Å²) >= 11 is 0. The fraction of sp³-hybridized carbons (Fsp3) is 0.0667. The van der Waals surface area contributed by atoms with Crippen LogP contribution >= 0.6 is 0 Å². The molecule has 2 rings (SSSR count). The number of nitrogens with one attached hydrogen (secondary N) is 1. The van der Waals surface area contributed by atoms with E-state index in [0.717, 1.165) is 0 Å². The van der Waals surface area contributed by atoms with E-state index in [4.69, 9.17) is 9.84 Å². The largest absolute Gasteiger partial charge is 0.482 e. The van der Waals surface area contributed by atoms with Gasteiger partial charge in [0.25, 0.3) is 5.91 Å². The van der Waals surface area contributed by atoms with E-state index in [2.05, 4.69) is 5.32 Å². The Balaban J connectivity index is 2.06. The normalized spacial score (nSPS) is 9.95. The average molecular weight is 289 g/mol. The van der Waals surface area contributed by atoms with Gasteiger partial charge in [-0.25, -0.2) is 9.18 Å². The molecule has 0 aromatic heterocycles. The van der Waals surface area contributed by atoms with Crippen molar-refractivity contribution in [1.82, 2.24) is 0 Å². The van der Waals surface area contributed by atoms with Crippen LogP contribution in [0.4, 0.5) is 10.1 Å². The van der Waals surface area contributed by atoms with E-state index in [9.17, 15) is 14.0 Å². The fourth-order valence-corrected chi connectivity index (χ4v) is 1.61. The first-order valence-corrected chi connectivity index (χ1v) is 6.06. The second-order valence-electron chi connectivity index (χ2n) is 4.17. The lowest BCUT2D eigenvalue weighted by Crippen LogP contribution is -2.13. The third kappa shape index (κ3) is 4.31. The highest BCUT2D eigenvalue weighted by Gasteiger charge is 2.08. The monoisotopic (exact) mass is 289 g/mol. The van der Waals surface area contributed by atoms with Gasteiger partial charge >= 0.3 is 5.97 Å². The number of carboxylic acid groups (broad SMARTS) is 1. The molecule has 0 saturated carbocycles. The van der Waals surface area contributed by atoms with Gasteiger partial charge in [0.2, 0.25) is 0 Å². The maximum Gasteiger partial charge on any atom is 0.341 e. The predicted molar refractivity (Wildman–Crippen MR) is 73.9 cm³/mol. The molecule has 0 fully saturated rings. The van der Waals surface area contributed by atoms with Gasteiger partial charge < -0.3 is 15.2 Å². The summed E-state index contributed by atoms with van der Waals surface area (Å²) in [4.78, 5) is 22.4.